The highest BCUT2D eigenvalue weighted by atomic mass is 79.9. The topological polar surface area (TPSA) is 66.6 Å². The van der Waals surface area contributed by atoms with Crippen LogP contribution in [0, 0.1) is 6.92 Å². The molecule has 1 fully saturated rings. The lowest BCUT2D eigenvalue weighted by Crippen LogP contribution is -2.44. The third kappa shape index (κ3) is 3.41. The predicted octanol–water partition coefficient (Wildman–Crippen LogP) is 2.05. The minimum absolute atomic E-state index is 0.312. The van der Waals surface area contributed by atoms with Crippen molar-refractivity contribution in [2.45, 2.75) is 30.7 Å². The number of hydrogen-bond acceptors (Lipinski definition) is 4. The Bertz CT molecular complexity index is 623. The third-order valence-corrected chi connectivity index (χ3v) is 6.79. The van der Waals surface area contributed by atoms with E-state index < -0.39 is 10.0 Å². The zero-order chi connectivity index (χ0) is 15.8. The second-order valence-corrected chi connectivity index (χ2v) is 8.50. The standard InChI is InChI=1S/C14H22BrN3O2S/c1-10-8-12(15)13(16)9-14(10)21(19,20)18-6-4-11(5-7-18)17(2)3/h8-9,11H,4-7,16H2,1-3H3. The van der Waals surface area contributed by atoms with E-state index in [1.54, 1.807) is 23.4 Å². The van der Waals surface area contributed by atoms with Crippen LogP contribution in [0.2, 0.25) is 0 Å². The van der Waals surface area contributed by atoms with Crippen LogP contribution in [0.25, 0.3) is 0 Å². The van der Waals surface area contributed by atoms with E-state index in [0.29, 0.717) is 35.3 Å². The smallest absolute Gasteiger partial charge is 0.243 e. The Morgan fingerprint density at radius 2 is 1.86 bits per heavy atom. The van der Waals surface area contributed by atoms with Gasteiger partial charge in [-0.3, -0.25) is 0 Å². The highest BCUT2D eigenvalue weighted by Gasteiger charge is 2.31. The number of benzene rings is 1. The number of hydrogen-bond donors (Lipinski definition) is 1. The first-order valence-electron chi connectivity index (χ1n) is 6.95. The summed E-state index contributed by atoms with van der Waals surface area (Å²) >= 11 is 3.33. The molecule has 2 N–H and O–H groups in total. The van der Waals surface area contributed by atoms with Gasteiger partial charge in [0, 0.05) is 29.3 Å². The van der Waals surface area contributed by atoms with Gasteiger partial charge in [-0.05, 0) is 67.5 Å². The molecule has 1 saturated heterocycles. The van der Waals surface area contributed by atoms with Gasteiger partial charge in [0.15, 0.2) is 0 Å². The monoisotopic (exact) mass is 375 g/mol. The SMILES string of the molecule is Cc1cc(Br)c(N)cc1S(=O)(=O)N1CCC(N(C)C)CC1. The zero-order valence-electron chi connectivity index (χ0n) is 12.6. The van der Waals surface area contributed by atoms with Gasteiger partial charge in [-0.1, -0.05) is 0 Å². The first-order chi connectivity index (χ1) is 9.73. The summed E-state index contributed by atoms with van der Waals surface area (Å²) in [5, 5.41) is 0. The number of nitrogens with two attached hydrogens (primary N) is 1. The number of nitrogens with zero attached hydrogens (tertiary/aromatic N) is 2. The summed E-state index contributed by atoms with van der Waals surface area (Å²) < 4.78 is 27.9. The fourth-order valence-electron chi connectivity index (χ4n) is 2.68. The minimum atomic E-state index is -3.47. The van der Waals surface area contributed by atoms with Crippen molar-refractivity contribution in [1.29, 1.82) is 0 Å². The summed E-state index contributed by atoms with van der Waals surface area (Å²) in [6, 6.07) is 3.76. The van der Waals surface area contributed by atoms with Crippen molar-refractivity contribution in [2.75, 3.05) is 32.9 Å². The van der Waals surface area contributed by atoms with Crippen LogP contribution < -0.4 is 5.73 Å². The van der Waals surface area contributed by atoms with E-state index in [1.807, 2.05) is 14.1 Å². The lowest BCUT2D eigenvalue weighted by Gasteiger charge is -2.34. The Morgan fingerprint density at radius 1 is 1.29 bits per heavy atom. The van der Waals surface area contributed by atoms with E-state index in [-0.39, 0.29) is 0 Å². The molecule has 1 heterocycles. The second kappa shape index (κ2) is 6.24. The number of anilines is 1. The van der Waals surface area contributed by atoms with Crippen molar-refractivity contribution < 1.29 is 8.42 Å². The molecule has 118 valence electrons. The molecule has 0 saturated carbocycles. The third-order valence-electron chi connectivity index (χ3n) is 4.07. The van der Waals surface area contributed by atoms with E-state index in [9.17, 15) is 8.42 Å². The fraction of sp³-hybridized carbons (Fsp3) is 0.571. The first-order valence-corrected chi connectivity index (χ1v) is 9.19. The van der Waals surface area contributed by atoms with Gasteiger partial charge in [0.1, 0.15) is 0 Å². The predicted molar refractivity (Wildman–Crippen MR) is 88.8 cm³/mol. The normalized spacial score (nSPS) is 18.3. The fourth-order valence-corrected chi connectivity index (χ4v) is 4.85. The maximum absolute atomic E-state index is 12.8. The van der Waals surface area contributed by atoms with Crippen LogP contribution in [0.15, 0.2) is 21.5 Å². The summed E-state index contributed by atoms with van der Waals surface area (Å²) in [6.45, 7) is 2.91. The molecule has 1 aromatic carbocycles. The summed E-state index contributed by atoms with van der Waals surface area (Å²) in [6.07, 6.45) is 1.72. The quantitative estimate of drug-likeness (QED) is 0.820. The van der Waals surface area contributed by atoms with Gasteiger partial charge in [-0.15, -0.1) is 0 Å². The van der Waals surface area contributed by atoms with E-state index in [1.165, 1.54) is 0 Å². The Kier molecular flexibility index (Phi) is 4.97. The largest absolute Gasteiger partial charge is 0.398 e. The Labute approximate surface area is 135 Å². The van der Waals surface area contributed by atoms with Gasteiger partial charge in [0.05, 0.1) is 4.90 Å². The van der Waals surface area contributed by atoms with Gasteiger partial charge < -0.3 is 10.6 Å². The highest BCUT2D eigenvalue weighted by molar-refractivity contribution is 9.10. The molecule has 0 aliphatic carbocycles. The summed E-state index contributed by atoms with van der Waals surface area (Å²) in [4.78, 5) is 2.47. The van der Waals surface area contributed by atoms with E-state index in [2.05, 4.69) is 20.8 Å². The Balaban J connectivity index is 2.26. The number of halogens is 1. The number of aryl methyl sites for hydroxylation is 1. The minimum Gasteiger partial charge on any atom is -0.398 e. The molecule has 21 heavy (non-hydrogen) atoms. The van der Waals surface area contributed by atoms with Gasteiger partial charge >= 0.3 is 0 Å². The molecular formula is C14H22BrN3O2S. The van der Waals surface area contributed by atoms with Crippen molar-refractivity contribution in [1.82, 2.24) is 9.21 Å². The van der Waals surface area contributed by atoms with Gasteiger partial charge in [-0.25, -0.2) is 8.42 Å². The van der Waals surface area contributed by atoms with Crippen molar-refractivity contribution in [3.63, 3.8) is 0 Å². The van der Waals surface area contributed by atoms with Crippen molar-refractivity contribution in [2.24, 2.45) is 0 Å². The molecule has 1 aromatic rings. The van der Waals surface area contributed by atoms with Crippen LogP contribution in [-0.2, 0) is 10.0 Å². The molecule has 1 aliphatic heterocycles. The molecule has 0 radical (unpaired) electrons. The summed E-state index contributed by atoms with van der Waals surface area (Å²) in [5.74, 6) is 0. The number of rotatable bonds is 3. The van der Waals surface area contributed by atoms with E-state index in [4.69, 9.17) is 5.73 Å². The van der Waals surface area contributed by atoms with Gasteiger partial charge in [-0.2, -0.15) is 4.31 Å². The molecule has 7 heteroatoms. The molecule has 0 atom stereocenters. The van der Waals surface area contributed by atoms with Crippen LogP contribution in [-0.4, -0.2) is 50.8 Å². The van der Waals surface area contributed by atoms with Crippen LogP contribution in [0.5, 0.6) is 0 Å². The maximum Gasteiger partial charge on any atom is 0.243 e. The highest BCUT2D eigenvalue weighted by Crippen LogP contribution is 2.30. The Morgan fingerprint density at radius 3 is 2.38 bits per heavy atom. The number of sulfonamides is 1. The first kappa shape index (κ1) is 16.7. The van der Waals surface area contributed by atoms with E-state index in [0.717, 1.165) is 17.3 Å². The van der Waals surface area contributed by atoms with Crippen LogP contribution >= 0.6 is 15.9 Å². The number of nitrogen functional groups attached to an aromatic ring is 1. The van der Waals surface area contributed by atoms with Crippen LogP contribution in [0.3, 0.4) is 0 Å². The van der Waals surface area contributed by atoms with Crippen molar-refractivity contribution in [3.8, 4) is 0 Å². The summed E-state index contributed by atoms with van der Waals surface area (Å²) in [5.41, 5.74) is 7.00. The molecular weight excluding hydrogens is 354 g/mol. The number of piperidine rings is 1. The molecule has 5 nitrogen and oxygen atoms in total. The molecule has 0 unspecified atom stereocenters. The van der Waals surface area contributed by atoms with Crippen LogP contribution in [0.4, 0.5) is 5.69 Å². The van der Waals surface area contributed by atoms with Crippen LogP contribution in [0.1, 0.15) is 18.4 Å². The van der Waals surface area contributed by atoms with Crippen molar-refractivity contribution in [3.05, 3.63) is 22.2 Å². The average Bonchev–Trinajstić information content (AvgIpc) is 2.42. The maximum atomic E-state index is 12.8. The second-order valence-electron chi connectivity index (χ2n) is 5.74. The van der Waals surface area contributed by atoms with Gasteiger partial charge in [0.25, 0.3) is 0 Å². The molecule has 1 aliphatic rings. The van der Waals surface area contributed by atoms with Gasteiger partial charge in [0.2, 0.25) is 10.0 Å². The average molecular weight is 376 g/mol. The zero-order valence-corrected chi connectivity index (χ0v) is 15.0. The van der Waals surface area contributed by atoms with E-state index >= 15 is 0 Å². The molecule has 0 aromatic heterocycles. The molecule has 0 bridgehead atoms. The summed E-state index contributed by atoms with van der Waals surface area (Å²) in [7, 11) is 0.605. The molecule has 0 amide bonds. The molecule has 2 rings (SSSR count). The molecule has 0 spiro atoms. The Hall–Kier alpha value is -0.630. The lowest BCUT2D eigenvalue weighted by atomic mass is 10.1. The van der Waals surface area contributed by atoms with Crippen molar-refractivity contribution >= 4 is 31.6 Å². The lowest BCUT2D eigenvalue weighted by molar-refractivity contribution is 0.196.